The van der Waals surface area contributed by atoms with E-state index in [9.17, 15) is 19.5 Å². The summed E-state index contributed by atoms with van der Waals surface area (Å²) >= 11 is 0. The summed E-state index contributed by atoms with van der Waals surface area (Å²) in [5, 5.41) is 16.5. The molecule has 0 aliphatic heterocycles. The van der Waals surface area contributed by atoms with Crippen molar-refractivity contribution in [2.24, 2.45) is 0 Å². The van der Waals surface area contributed by atoms with E-state index in [4.69, 9.17) is 14.2 Å². The average molecular weight is 548 g/mol. The Morgan fingerprint density at radius 2 is 1.68 bits per heavy atom. The van der Waals surface area contributed by atoms with Crippen LogP contribution in [0.15, 0.2) is 60.8 Å². The normalized spacial score (nSPS) is 11.1. The minimum atomic E-state index is -1.20. The molecule has 2 aromatic carbocycles. The van der Waals surface area contributed by atoms with Gasteiger partial charge in [0.2, 0.25) is 0 Å². The number of fused-ring (bicyclic) bond motifs is 1. The molecule has 0 radical (unpaired) electrons. The first-order chi connectivity index (χ1) is 19.0. The first-order valence-electron chi connectivity index (χ1n) is 12.2. The van der Waals surface area contributed by atoms with Gasteiger partial charge < -0.3 is 24.6 Å². The molecule has 12 heteroatoms. The van der Waals surface area contributed by atoms with Crippen LogP contribution in [0, 0.1) is 0 Å². The fraction of sp³-hybridized carbons (Fsp3) is 0.250. The standard InChI is InChI=1S/C28H29N5O7/c1-28(2,3)40-27(37)32(16-25(34)35)19-9-7-18(8-10-19)30-26(36)20-15-24-29-13-12-21(33(24)31-20)17-6-11-22(38-4)23(14-17)39-5/h6-15H,16H2,1-5H3,(H,30,36)(H,34,35). The van der Waals surface area contributed by atoms with Gasteiger partial charge >= 0.3 is 12.1 Å². The van der Waals surface area contributed by atoms with Gasteiger partial charge in [-0.3, -0.25) is 14.5 Å². The van der Waals surface area contributed by atoms with Gasteiger partial charge in [-0.1, -0.05) is 0 Å². The minimum Gasteiger partial charge on any atom is -0.493 e. The topological polar surface area (TPSA) is 145 Å². The largest absolute Gasteiger partial charge is 0.493 e. The number of nitrogens with zero attached hydrogens (tertiary/aromatic N) is 4. The molecule has 2 aromatic heterocycles. The number of benzene rings is 2. The Morgan fingerprint density at radius 1 is 0.975 bits per heavy atom. The molecule has 0 bridgehead atoms. The molecular weight excluding hydrogens is 518 g/mol. The molecule has 12 nitrogen and oxygen atoms in total. The summed E-state index contributed by atoms with van der Waals surface area (Å²) in [5.74, 6) is -0.547. The number of carboxylic acids is 1. The highest BCUT2D eigenvalue weighted by Crippen LogP contribution is 2.32. The van der Waals surface area contributed by atoms with Crippen LogP contribution in [0.4, 0.5) is 16.2 Å². The van der Waals surface area contributed by atoms with E-state index >= 15 is 0 Å². The third-order valence-corrected chi connectivity index (χ3v) is 5.61. The Morgan fingerprint density at radius 3 is 2.30 bits per heavy atom. The number of anilines is 2. The summed E-state index contributed by atoms with van der Waals surface area (Å²) in [6, 6.07) is 14.9. The van der Waals surface area contributed by atoms with Gasteiger partial charge in [0.15, 0.2) is 22.8 Å². The van der Waals surface area contributed by atoms with Crippen LogP contribution in [0.5, 0.6) is 11.5 Å². The van der Waals surface area contributed by atoms with E-state index < -0.39 is 30.1 Å². The van der Waals surface area contributed by atoms with Crippen LogP contribution in [0.3, 0.4) is 0 Å². The molecule has 2 heterocycles. The third-order valence-electron chi connectivity index (χ3n) is 5.61. The van der Waals surface area contributed by atoms with E-state index in [-0.39, 0.29) is 5.69 Å². The molecule has 4 rings (SSSR count). The molecule has 0 aliphatic rings. The number of ether oxygens (including phenoxy) is 3. The molecule has 0 fully saturated rings. The van der Waals surface area contributed by atoms with Gasteiger partial charge in [-0.2, -0.15) is 5.10 Å². The number of carbonyl (C=O) groups excluding carboxylic acids is 2. The van der Waals surface area contributed by atoms with Gasteiger partial charge in [-0.15, -0.1) is 0 Å². The van der Waals surface area contributed by atoms with Crippen molar-refractivity contribution in [1.29, 1.82) is 0 Å². The maximum atomic E-state index is 13.0. The first-order valence-corrected chi connectivity index (χ1v) is 12.2. The molecule has 0 saturated heterocycles. The van der Waals surface area contributed by atoms with Crippen LogP contribution in [0.25, 0.3) is 16.9 Å². The summed E-state index contributed by atoms with van der Waals surface area (Å²) in [7, 11) is 3.11. The maximum absolute atomic E-state index is 13.0. The van der Waals surface area contributed by atoms with Crippen LogP contribution < -0.4 is 19.7 Å². The number of aromatic nitrogens is 3. The highest BCUT2D eigenvalue weighted by molar-refractivity contribution is 6.03. The van der Waals surface area contributed by atoms with Crippen molar-refractivity contribution in [2.45, 2.75) is 26.4 Å². The molecule has 0 saturated carbocycles. The summed E-state index contributed by atoms with van der Waals surface area (Å²) in [6.45, 7) is 4.48. The Hall–Kier alpha value is -5.13. The Bertz CT molecular complexity index is 1560. The van der Waals surface area contributed by atoms with Gasteiger partial charge in [0.05, 0.1) is 19.9 Å². The molecule has 0 unspecified atom stereocenters. The molecule has 4 aromatic rings. The number of carboxylic acid groups (broad SMARTS) is 1. The van der Waals surface area contributed by atoms with Crippen molar-refractivity contribution in [3.63, 3.8) is 0 Å². The first kappa shape index (κ1) is 27.9. The second-order valence-corrected chi connectivity index (χ2v) is 9.66. The highest BCUT2D eigenvalue weighted by atomic mass is 16.6. The van der Waals surface area contributed by atoms with Crippen LogP contribution in [-0.4, -0.2) is 64.0 Å². The number of amides is 2. The van der Waals surface area contributed by atoms with Crippen molar-refractivity contribution >= 4 is 35.0 Å². The number of hydrogen-bond donors (Lipinski definition) is 2. The zero-order valence-corrected chi connectivity index (χ0v) is 22.7. The lowest BCUT2D eigenvalue weighted by Gasteiger charge is -2.26. The zero-order chi connectivity index (χ0) is 29.0. The van der Waals surface area contributed by atoms with E-state index in [0.29, 0.717) is 34.2 Å². The molecular formula is C28H29N5O7. The van der Waals surface area contributed by atoms with Crippen molar-refractivity contribution < 1.29 is 33.7 Å². The number of methoxy groups -OCH3 is 2. The zero-order valence-electron chi connectivity index (χ0n) is 22.7. The quantitative estimate of drug-likeness (QED) is 0.326. The van der Waals surface area contributed by atoms with E-state index in [1.54, 1.807) is 76.0 Å². The fourth-order valence-electron chi connectivity index (χ4n) is 3.85. The van der Waals surface area contributed by atoms with E-state index in [2.05, 4.69) is 15.4 Å². The van der Waals surface area contributed by atoms with Crippen LogP contribution in [0.2, 0.25) is 0 Å². The Balaban J connectivity index is 1.56. The summed E-state index contributed by atoms with van der Waals surface area (Å²) in [4.78, 5) is 42.3. The van der Waals surface area contributed by atoms with Gasteiger partial charge in [0.25, 0.3) is 5.91 Å². The van der Waals surface area contributed by atoms with E-state index in [0.717, 1.165) is 10.5 Å². The van der Waals surface area contributed by atoms with Crippen LogP contribution >= 0.6 is 0 Å². The Kier molecular flexibility index (Phi) is 7.89. The maximum Gasteiger partial charge on any atom is 0.415 e. The second-order valence-electron chi connectivity index (χ2n) is 9.66. The van der Waals surface area contributed by atoms with Crippen molar-refractivity contribution in [3.05, 3.63) is 66.5 Å². The summed E-state index contributed by atoms with van der Waals surface area (Å²) < 4.78 is 17.6. The molecule has 0 spiro atoms. The van der Waals surface area contributed by atoms with E-state index in [1.807, 2.05) is 12.1 Å². The van der Waals surface area contributed by atoms with Gasteiger partial charge in [0.1, 0.15) is 12.1 Å². The smallest absolute Gasteiger partial charge is 0.415 e. The average Bonchev–Trinajstić information content (AvgIpc) is 3.35. The van der Waals surface area contributed by atoms with Gasteiger partial charge in [-0.05, 0) is 69.3 Å². The third kappa shape index (κ3) is 6.29. The Labute approximate surface area is 230 Å². The SMILES string of the molecule is COc1ccc(-c2ccnc3cc(C(=O)Nc4ccc(N(CC(=O)O)C(=O)OC(C)(C)C)cc4)nn23)cc1OC. The molecule has 0 atom stereocenters. The van der Waals surface area contributed by atoms with Gasteiger partial charge in [0, 0.05) is 29.2 Å². The number of hydrogen-bond acceptors (Lipinski definition) is 8. The van der Waals surface area contributed by atoms with Crippen molar-refractivity contribution in [3.8, 4) is 22.8 Å². The fourth-order valence-corrected chi connectivity index (χ4v) is 3.85. The van der Waals surface area contributed by atoms with Crippen LogP contribution in [0.1, 0.15) is 31.3 Å². The predicted molar refractivity (Wildman–Crippen MR) is 147 cm³/mol. The van der Waals surface area contributed by atoms with E-state index in [1.165, 1.54) is 12.1 Å². The van der Waals surface area contributed by atoms with Crippen LogP contribution in [-0.2, 0) is 9.53 Å². The lowest BCUT2D eigenvalue weighted by atomic mass is 10.1. The molecule has 40 heavy (non-hydrogen) atoms. The second kappa shape index (κ2) is 11.3. The minimum absolute atomic E-state index is 0.130. The summed E-state index contributed by atoms with van der Waals surface area (Å²) in [5.41, 5.74) is 1.98. The lowest BCUT2D eigenvalue weighted by Crippen LogP contribution is -2.40. The lowest BCUT2D eigenvalue weighted by molar-refractivity contribution is -0.135. The molecule has 2 N–H and O–H groups in total. The van der Waals surface area contributed by atoms with Gasteiger partial charge in [-0.25, -0.2) is 14.3 Å². The number of aliphatic carboxylic acids is 1. The highest BCUT2D eigenvalue weighted by Gasteiger charge is 2.25. The molecule has 208 valence electrons. The summed E-state index contributed by atoms with van der Waals surface area (Å²) in [6.07, 6.45) is 0.825. The van der Waals surface area contributed by atoms with Crippen molar-refractivity contribution in [1.82, 2.24) is 14.6 Å². The number of rotatable bonds is 8. The molecule has 2 amide bonds. The number of carbonyl (C=O) groups is 3. The predicted octanol–water partition coefficient (Wildman–Crippen LogP) is 4.49. The monoisotopic (exact) mass is 547 g/mol. The molecule has 0 aliphatic carbocycles. The van der Waals surface area contributed by atoms with Crippen molar-refractivity contribution in [2.75, 3.05) is 31.0 Å². The number of nitrogens with one attached hydrogen (secondary N) is 1.